The van der Waals surface area contributed by atoms with Crippen LogP contribution in [0.4, 0.5) is 10.1 Å². The van der Waals surface area contributed by atoms with Crippen molar-refractivity contribution in [3.8, 4) is 5.75 Å². The standard InChI is InChI=1S/C9H9FINO3/c1-14-5-3-4(9(13)15-2)6(10)7(11)8(5)12/h3H,12H2,1-2H3. The van der Waals surface area contributed by atoms with Crippen molar-refractivity contribution in [1.82, 2.24) is 0 Å². The molecule has 0 aliphatic carbocycles. The molecule has 0 amide bonds. The molecule has 2 N–H and O–H groups in total. The van der Waals surface area contributed by atoms with E-state index in [2.05, 4.69) is 4.74 Å². The van der Waals surface area contributed by atoms with Gasteiger partial charge >= 0.3 is 5.97 Å². The zero-order valence-corrected chi connectivity index (χ0v) is 10.3. The average Bonchev–Trinajstić information content (AvgIpc) is 2.25. The molecule has 0 radical (unpaired) electrons. The monoisotopic (exact) mass is 325 g/mol. The molecule has 0 atom stereocenters. The summed E-state index contributed by atoms with van der Waals surface area (Å²) in [6.45, 7) is 0. The molecule has 0 saturated heterocycles. The summed E-state index contributed by atoms with van der Waals surface area (Å²) in [6, 6.07) is 1.22. The summed E-state index contributed by atoms with van der Waals surface area (Å²) in [5, 5.41) is 0. The van der Waals surface area contributed by atoms with E-state index in [0.717, 1.165) is 0 Å². The third-order valence-electron chi connectivity index (χ3n) is 1.83. The largest absolute Gasteiger partial charge is 0.495 e. The summed E-state index contributed by atoms with van der Waals surface area (Å²) >= 11 is 1.71. The number of hydrogen-bond donors (Lipinski definition) is 1. The van der Waals surface area contributed by atoms with E-state index < -0.39 is 11.8 Å². The van der Waals surface area contributed by atoms with Gasteiger partial charge in [0.2, 0.25) is 0 Å². The van der Waals surface area contributed by atoms with Crippen LogP contribution in [0, 0.1) is 9.39 Å². The Morgan fingerprint density at radius 1 is 1.53 bits per heavy atom. The number of benzene rings is 1. The van der Waals surface area contributed by atoms with Crippen molar-refractivity contribution < 1.29 is 18.7 Å². The minimum absolute atomic E-state index is 0.146. The molecular weight excluding hydrogens is 316 g/mol. The maximum atomic E-state index is 13.6. The second kappa shape index (κ2) is 4.65. The smallest absolute Gasteiger partial charge is 0.341 e. The van der Waals surface area contributed by atoms with Crippen LogP contribution >= 0.6 is 22.6 Å². The molecule has 0 aromatic heterocycles. The zero-order chi connectivity index (χ0) is 11.6. The Morgan fingerprint density at radius 3 is 2.60 bits per heavy atom. The van der Waals surface area contributed by atoms with Crippen LogP contribution in [0.15, 0.2) is 6.07 Å². The zero-order valence-electron chi connectivity index (χ0n) is 8.14. The predicted octanol–water partition coefficient (Wildman–Crippen LogP) is 1.81. The summed E-state index contributed by atoms with van der Waals surface area (Å²) in [4.78, 5) is 11.2. The molecule has 82 valence electrons. The Labute approximate surface area is 99.7 Å². The highest BCUT2D eigenvalue weighted by Crippen LogP contribution is 2.31. The van der Waals surface area contributed by atoms with Crippen LogP contribution in [0.3, 0.4) is 0 Å². The lowest BCUT2D eigenvalue weighted by Gasteiger charge is -2.10. The normalized spacial score (nSPS) is 9.87. The first kappa shape index (κ1) is 12.0. The first-order valence-corrected chi connectivity index (χ1v) is 5.00. The first-order valence-electron chi connectivity index (χ1n) is 3.92. The molecule has 0 fully saturated rings. The van der Waals surface area contributed by atoms with Crippen LogP contribution in [0.25, 0.3) is 0 Å². The molecule has 0 saturated carbocycles. The fourth-order valence-electron chi connectivity index (χ4n) is 1.04. The lowest BCUT2D eigenvalue weighted by molar-refractivity contribution is 0.0595. The summed E-state index contributed by atoms with van der Waals surface area (Å²) < 4.78 is 23.1. The Hall–Kier alpha value is -1.05. The molecule has 0 aliphatic rings. The van der Waals surface area contributed by atoms with Crippen LogP contribution in [0.2, 0.25) is 0 Å². The van der Waals surface area contributed by atoms with Crippen molar-refractivity contribution in [3.05, 3.63) is 21.0 Å². The minimum atomic E-state index is -0.760. The van der Waals surface area contributed by atoms with Gasteiger partial charge in [0.05, 0.1) is 23.5 Å². The molecule has 1 aromatic rings. The second-order valence-electron chi connectivity index (χ2n) is 2.66. The van der Waals surface area contributed by atoms with Gasteiger partial charge in [0, 0.05) is 0 Å². The number of esters is 1. The van der Waals surface area contributed by atoms with Gasteiger partial charge in [-0.3, -0.25) is 0 Å². The van der Waals surface area contributed by atoms with Crippen molar-refractivity contribution in [1.29, 1.82) is 0 Å². The third kappa shape index (κ3) is 2.14. The van der Waals surface area contributed by atoms with E-state index in [1.807, 2.05) is 0 Å². The molecule has 4 nitrogen and oxygen atoms in total. The molecule has 1 aromatic carbocycles. The van der Waals surface area contributed by atoms with Gasteiger partial charge in [-0.2, -0.15) is 0 Å². The summed E-state index contributed by atoms with van der Waals surface area (Å²) in [5.74, 6) is -1.20. The highest BCUT2D eigenvalue weighted by Gasteiger charge is 2.20. The molecule has 0 bridgehead atoms. The van der Waals surface area contributed by atoms with E-state index in [1.54, 1.807) is 22.6 Å². The lowest BCUT2D eigenvalue weighted by atomic mass is 10.2. The number of carbonyl (C=O) groups is 1. The quantitative estimate of drug-likeness (QED) is 0.512. The average molecular weight is 325 g/mol. The number of methoxy groups -OCH3 is 2. The van der Waals surface area contributed by atoms with E-state index in [-0.39, 0.29) is 20.6 Å². The Morgan fingerprint density at radius 2 is 2.13 bits per heavy atom. The van der Waals surface area contributed by atoms with Crippen molar-refractivity contribution in [3.63, 3.8) is 0 Å². The SMILES string of the molecule is COC(=O)c1cc(OC)c(N)c(I)c1F. The number of nitrogen functional groups attached to an aromatic ring is 1. The van der Waals surface area contributed by atoms with Gasteiger partial charge in [-0.25, -0.2) is 9.18 Å². The number of nitrogens with two attached hydrogens (primary N) is 1. The topological polar surface area (TPSA) is 61.5 Å². The van der Waals surface area contributed by atoms with E-state index in [0.29, 0.717) is 0 Å². The van der Waals surface area contributed by atoms with E-state index in [4.69, 9.17) is 10.5 Å². The lowest BCUT2D eigenvalue weighted by Crippen LogP contribution is -2.08. The number of halogens is 2. The number of rotatable bonds is 2. The van der Waals surface area contributed by atoms with Crippen LogP contribution in [0.5, 0.6) is 5.75 Å². The fraction of sp³-hybridized carbons (Fsp3) is 0.222. The number of anilines is 1. The Kier molecular flexibility index (Phi) is 3.72. The van der Waals surface area contributed by atoms with Crippen molar-refractivity contribution in [2.24, 2.45) is 0 Å². The Balaban J connectivity index is 3.41. The maximum absolute atomic E-state index is 13.6. The first-order chi connectivity index (χ1) is 7.02. The molecule has 6 heteroatoms. The molecular formula is C9H9FINO3. The molecule has 0 unspecified atom stereocenters. The number of ether oxygens (including phenoxy) is 2. The molecule has 1 rings (SSSR count). The minimum Gasteiger partial charge on any atom is -0.495 e. The maximum Gasteiger partial charge on any atom is 0.341 e. The van der Waals surface area contributed by atoms with Crippen molar-refractivity contribution in [2.75, 3.05) is 20.0 Å². The van der Waals surface area contributed by atoms with Gasteiger partial charge in [-0.15, -0.1) is 0 Å². The second-order valence-corrected chi connectivity index (χ2v) is 3.74. The summed E-state index contributed by atoms with van der Waals surface area (Å²) in [5.41, 5.74) is 5.56. The highest BCUT2D eigenvalue weighted by molar-refractivity contribution is 14.1. The summed E-state index contributed by atoms with van der Waals surface area (Å²) in [7, 11) is 2.57. The van der Waals surface area contributed by atoms with E-state index in [9.17, 15) is 9.18 Å². The van der Waals surface area contributed by atoms with Gasteiger partial charge in [0.25, 0.3) is 0 Å². The molecule has 0 aliphatic heterocycles. The van der Waals surface area contributed by atoms with Crippen molar-refractivity contribution in [2.45, 2.75) is 0 Å². The molecule has 15 heavy (non-hydrogen) atoms. The van der Waals surface area contributed by atoms with Gasteiger partial charge in [-0.1, -0.05) is 0 Å². The number of carbonyl (C=O) groups excluding carboxylic acids is 1. The highest BCUT2D eigenvalue weighted by atomic mass is 127. The Bertz CT molecular complexity index is 409. The van der Waals surface area contributed by atoms with Gasteiger partial charge in [-0.05, 0) is 28.7 Å². The van der Waals surface area contributed by atoms with Gasteiger partial charge in [0.1, 0.15) is 11.3 Å². The number of hydrogen-bond acceptors (Lipinski definition) is 4. The van der Waals surface area contributed by atoms with Gasteiger partial charge < -0.3 is 15.2 Å². The van der Waals surface area contributed by atoms with Crippen molar-refractivity contribution >= 4 is 34.2 Å². The van der Waals surface area contributed by atoms with Gasteiger partial charge in [0.15, 0.2) is 5.82 Å². The molecule has 0 spiro atoms. The fourth-order valence-corrected chi connectivity index (χ4v) is 1.60. The molecule has 0 heterocycles. The van der Waals surface area contributed by atoms with E-state index in [1.165, 1.54) is 20.3 Å². The van der Waals surface area contributed by atoms with E-state index >= 15 is 0 Å². The van der Waals surface area contributed by atoms with Crippen LogP contribution in [-0.2, 0) is 4.74 Å². The summed E-state index contributed by atoms with van der Waals surface area (Å²) in [6.07, 6.45) is 0. The van der Waals surface area contributed by atoms with Crippen LogP contribution in [0.1, 0.15) is 10.4 Å². The third-order valence-corrected chi connectivity index (χ3v) is 2.89. The van der Waals surface area contributed by atoms with Crippen LogP contribution < -0.4 is 10.5 Å². The van der Waals surface area contributed by atoms with Crippen LogP contribution in [-0.4, -0.2) is 20.2 Å². The predicted molar refractivity (Wildman–Crippen MR) is 61.4 cm³/mol.